The minimum Gasteiger partial charge on any atom is -0.480 e. The highest BCUT2D eigenvalue weighted by Crippen LogP contribution is 2.08. The van der Waals surface area contributed by atoms with Crippen molar-refractivity contribution in [2.45, 2.75) is 39.7 Å². The van der Waals surface area contributed by atoms with Crippen LogP contribution in [-0.4, -0.2) is 23.0 Å². The van der Waals surface area contributed by atoms with E-state index in [1.807, 2.05) is 45.0 Å². The van der Waals surface area contributed by atoms with Crippen LogP contribution in [0.25, 0.3) is 0 Å². The Labute approximate surface area is 113 Å². The molecule has 4 heteroatoms. The fourth-order valence-corrected chi connectivity index (χ4v) is 1.90. The van der Waals surface area contributed by atoms with Crippen LogP contribution in [0.5, 0.6) is 0 Å². The van der Waals surface area contributed by atoms with Crippen LogP contribution < -0.4 is 5.32 Å². The second kappa shape index (κ2) is 6.92. The number of hydrogen-bond acceptors (Lipinski definition) is 2. The molecule has 0 bridgehead atoms. The smallest absolute Gasteiger partial charge is 0.326 e. The molecule has 4 nitrogen and oxygen atoms in total. The third-order valence-corrected chi connectivity index (χ3v) is 2.75. The fourth-order valence-electron chi connectivity index (χ4n) is 1.90. The van der Waals surface area contributed by atoms with E-state index < -0.39 is 12.0 Å². The number of nitrogens with one attached hydrogen (secondary N) is 1. The van der Waals surface area contributed by atoms with E-state index in [0.717, 1.165) is 11.1 Å². The molecule has 1 amide bonds. The quantitative estimate of drug-likeness (QED) is 0.826. The topological polar surface area (TPSA) is 66.4 Å². The first-order valence-corrected chi connectivity index (χ1v) is 6.46. The lowest BCUT2D eigenvalue weighted by Gasteiger charge is -2.15. The van der Waals surface area contributed by atoms with Gasteiger partial charge in [0.25, 0.3) is 0 Å². The van der Waals surface area contributed by atoms with Gasteiger partial charge < -0.3 is 10.4 Å². The van der Waals surface area contributed by atoms with Gasteiger partial charge in [-0.3, -0.25) is 4.79 Å². The molecule has 0 aliphatic carbocycles. The highest BCUT2D eigenvalue weighted by molar-refractivity contribution is 5.83. The fraction of sp³-hybridized carbons (Fsp3) is 0.467. The van der Waals surface area contributed by atoms with Crippen LogP contribution in [0.3, 0.4) is 0 Å². The van der Waals surface area contributed by atoms with Gasteiger partial charge in [0.2, 0.25) is 5.91 Å². The second-order valence-electron chi connectivity index (χ2n) is 5.25. The van der Waals surface area contributed by atoms with Gasteiger partial charge in [-0.25, -0.2) is 4.79 Å². The molecule has 0 radical (unpaired) electrons. The Morgan fingerprint density at radius 1 is 1.32 bits per heavy atom. The molecule has 0 saturated heterocycles. The Kier molecular flexibility index (Phi) is 5.55. The van der Waals surface area contributed by atoms with Crippen molar-refractivity contribution in [3.8, 4) is 0 Å². The lowest BCUT2D eigenvalue weighted by atomic mass is 10.0. The number of aliphatic carboxylic acids is 1. The molecule has 0 fully saturated rings. The van der Waals surface area contributed by atoms with E-state index in [9.17, 15) is 14.7 Å². The summed E-state index contributed by atoms with van der Waals surface area (Å²) < 4.78 is 0. The monoisotopic (exact) mass is 263 g/mol. The summed E-state index contributed by atoms with van der Waals surface area (Å²) in [5.41, 5.74) is 1.99. The van der Waals surface area contributed by atoms with Crippen molar-refractivity contribution in [3.63, 3.8) is 0 Å². The SMILES string of the molecule is Cc1cccc(C[C@H](NC(=O)CC(C)C)C(=O)O)c1. The Balaban J connectivity index is 2.68. The molecule has 0 saturated carbocycles. The Hall–Kier alpha value is -1.84. The van der Waals surface area contributed by atoms with Gasteiger partial charge in [-0.2, -0.15) is 0 Å². The Bertz CT molecular complexity index is 454. The van der Waals surface area contributed by atoms with E-state index in [0.29, 0.717) is 12.8 Å². The number of rotatable bonds is 6. The first kappa shape index (κ1) is 15.2. The number of aryl methyl sites for hydroxylation is 1. The highest BCUT2D eigenvalue weighted by atomic mass is 16.4. The van der Waals surface area contributed by atoms with Crippen LogP contribution in [0, 0.1) is 12.8 Å². The van der Waals surface area contributed by atoms with Crippen LogP contribution >= 0.6 is 0 Å². The number of carbonyl (C=O) groups is 2. The summed E-state index contributed by atoms with van der Waals surface area (Å²) in [5, 5.41) is 11.7. The van der Waals surface area contributed by atoms with E-state index in [-0.39, 0.29) is 11.8 Å². The number of benzene rings is 1. The highest BCUT2D eigenvalue weighted by Gasteiger charge is 2.20. The normalized spacial score (nSPS) is 12.2. The van der Waals surface area contributed by atoms with Gasteiger partial charge in [0.1, 0.15) is 6.04 Å². The van der Waals surface area contributed by atoms with Gasteiger partial charge in [-0.15, -0.1) is 0 Å². The molecular formula is C15H21NO3. The summed E-state index contributed by atoms with van der Waals surface area (Å²) in [5.74, 6) is -0.998. The minimum absolute atomic E-state index is 0.213. The van der Waals surface area contributed by atoms with Crippen LogP contribution in [0.4, 0.5) is 0 Å². The van der Waals surface area contributed by atoms with Crippen molar-refractivity contribution < 1.29 is 14.7 Å². The largest absolute Gasteiger partial charge is 0.480 e. The minimum atomic E-state index is -1.00. The van der Waals surface area contributed by atoms with Crippen LogP contribution in [0.2, 0.25) is 0 Å². The van der Waals surface area contributed by atoms with Gasteiger partial charge in [0, 0.05) is 12.8 Å². The zero-order chi connectivity index (χ0) is 14.4. The summed E-state index contributed by atoms with van der Waals surface area (Å²) in [6.45, 7) is 5.81. The zero-order valence-corrected chi connectivity index (χ0v) is 11.6. The van der Waals surface area contributed by atoms with Crippen molar-refractivity contribution in [3.05, 3.63) is 35.4 Å². The van der Waals surface area contributed by atoms with Gasteiger partial charge in [-0.05, 0) is 18.4 Å². The molecule has 19 heavy (non-hydrogen) atoms. The average Bonchev–Trinajstić information content (AvgIpc) is 2.26. The average molecular weight is 263 g/mol. The first-order chi connectivity index (χ1) is 8.88. The van der Waals surface area contributed by atoms with Crippen molar-refractivity contribution in [2.75, 3.05) is 0 Å². The molecule has 0 unspecified atom stereocenters. The predicted octanol–water partition coefficient (Wildman–Crippen LogP) is 2.15. The van der Waals surface area contributed by atoms with Crippen LogP contribution in [0.15, 0.2) is 24.3 Å². The van der Waals surface area contributed by atoms with E-state index >= 15 is 0 Å². The number of carbonyl (C=O) groups excluding carboxylic acids is 1. The lowest BCUT2D eigenvalue weighted by molar-refractivity contribution is -0.141. The van der Waals surface area contributed by atoms with Crippen molar-refractivity contribution in [1.82, 2.24) is 5.32 Å². The second-order valence-corrected chi connectivity index (χ2v) is 5.25. The van der Waals surface area contributed by atoms with Crippen LogP contribution in [-0.2, 0) is 16.0 Å². The van der Waals surface area contributed by atoms with E-state index in [4.69, 9.17) is 0 Å². The third-order valence-electron chi connectivity index (χ3n) is 2.75. The lowest BCUT2D eigenvalue weighted by Crippen LogP contribution is -2.42. The molecule has 2 N–H and O–H groups in total. The zero-order valence-electron chi connectivity index (χ0n) is 11.6. The molecule has 0 heterocycles. The van der Waals surface area contributed by atoms with Gasteiger partial charge >= 0.3 is 5.97 Å². The maximum atomic E-state index is 11.7. The maximum Gasteiger partial charge on any atom is 0.326 e. The van der Waals surface area contributed by atoms with E-state index in [1.165, 1.54) is 0 Å². The van der Waals surface area contributed by atoms with E-state index in [1.54, 1.807) is 0 Å². The third kappa shape index (κ3) is 5.55. The molecule has 1 rings (SSSR count). The van der Waals surface area contributed by atoms with Crippen molar-refractivity contribution >= 4 is 11.9 Å². The molecule has 1 atom stereocenters. The molecule has 1 aromatic carbocycles. The molecule has 0 spiro atoms. The number of amides is 1. The number of carboxylic acid groups (broad SMARTS) is 1. The summed E-state index contributed by atoms with van der Waals surface area (Å²) in [6.07, 6.45) is 0.651. The van der Waals surface area contributed by atoms with Gasteiger partial charge in [0.05, 0.1) is 0 Å². The Morgan fingerprint density at radius 3 is 2.53 bits per heavy atom. The molecule has 0 aliphatic rings. The van der Waals surface area contributed by atoms with Crippen molar-refractivity contribution in [2.24, 2.45) is 5.92 Å². The molecule has 0 aliphatic heterocycles. The summed E-state index contributed by atoms with van der Waals surface area (Å²) >= 11 is 0. The van der Waals surface area contributed by atoms with Crippen LogP contribution in [0.1, 0.15) is 31.4 Å². The van der Waals surface area contributed by atoms with Gasteiger partial charge in [-0.1, -0.05) is 43.7 Å². The maximum absolute atomic E-state index is 11.7. The summed E-state index contributed by atoms with van der Waals surface area (Å²) in [4.78, 5) is 22.8. The summed E-state index contributed by atoms with van der Waals surface area (Å²) in [7, 11) is 0. The molecular weight excluding hydrogens is 242 g/mol. The predicted molar refractivity (Wildman–Crippen MR) is 73.9 cm³/mol. The first-order valence-electron chi connectivity index (χ1n) is 6.46. The number of carboxylic acids is 1. The molecule has 1 aromatic rings. The van der Waals surface area contributed by atoms with Crippen molar-refractivity contribution in [1.29, 1.82) is 0 Å². The van der Waals surface area contributed by atoms with E-state index in [2.05, 4.69) is 5.32 Å². The Morgan fingerprint density at radius 2 is 2.00 bits per heavy atom. The molecule has 0 aromatic heterocycles. The summed E-state index contributed by atoms with van der Waals surface area (Å²) in [6, 6.07) is 6.78. The number of hydrogen-bond donors (Lipinski definition) is 2. The standard InChI is InChI=1S/C15H21NO3/c1-10(2)7-14(17)16-13(15(18)19)9-12-6-4-5-11(3)8-12/h4-6,8,10,13H,7,9H2,1-3H3,(H,16,17)(H,18,19)/t13-/m0/s1. The molecule has 104 valence electrons. The van der Waals surface area contributed by atoms with Gasteiger partial charge in [0.15, 0.2) is 0 Å².